The lowest BCUT2D eigenvalue weighted by atomic mass is 9.97. The van der Waals surface area contributed by atoms with Crippen LogP contribution in [0.1, 0.15) is 11.1 Å². The van der Waals surface area contributed by atoms with E-state index in [1.54, 1.807) is 14.2 Å². The second kappa shape index (κ2) is 5.16. The molecule has 2 aromatic rings. The number of carboxylic acids is 1. The average Bonchev–Trinajstić information content (AvgIpc) is 2.87. The molecule has 1 aromatic carbocycles. The number of fused-ring (bicyclic) bond motifs is 3. The maximum atomic E-state index is 10.9. The number of hydrogen-bond donors (Lipinski definition) is 1. The first-order valence-corrected chi connectivity index (χ1v) is 6.78. The Hall–Kier alpha value is -2.43. The van der Waals surface area contributed by atoms with Gasteiger partial charge in [0.2, 0.25) is 0 Å². The lowest BCUT2D eigenvalue weighted by Gasteiger charge is -2.21. The summed E-state index contributed by atoms with van der Waals surface area (Å²) in [5.74, 6) is 0.596. The molecule has 0 fully saturated rings. The van der Waals surface area contributed by atoms with Gasteiger partial charge in [0.15, 0.2) is 11.5 Å². The van der Waals surface area contributed by atoms with Gasteiger partial charge in [0.05, 0.1) is 20.6 Å². The van der Waals surface area contributed by atoms with Crippen molar-refractivity contribution in [3.05, 3.63) is 35.5 Å². The second-order valence-corrected chi connectivity index (χ2v) is 5.11. The van der Waals surface area contributed by atoms with Crippen LogP contribution in [-0.2, 0) is 24.2 Å². The first-order valence-electron chi connectivity index (χ1n) is 6.78. The Morgan fingerprint density at radius 2 is 1.95 bits per heavy atom. The molecule has 1 N–H and O–H groups in total. The number of benzene rings is 1. The quantitative estimate of drug-likeness (QED) is 0.937. The van der Waals surface area contributed by atoms with Crippen molar-refractivity contribution in [2.75, 3.05) is 14.2 Å². The van der Waals surface area contributed by atoms with E-state index in [9.17, 15) is 4.79 Å². The maximum absolute atomic E-state index is 10.9. The fourth-order valence-electron chi connectivity index (χ4n) is 2.86. The fourth-order valence-corrected chi connectivity index (χ4v) is 2.86. The summed E-state index contributed by atoms with van der Waals surface area (Å²) >= 11 is 0. The normalized spacial score (nSPS) is 12.5. The molecule has 5 heteroatoms. The lowest BCUT2D eigenvalue weighted by Crippen LogP contribution is -2.10. The van der Waals surface area contributed by atoms with E-state index >= 15 is 0 Å². The van der Waals surface area contributed by atoms with Crippen LogP contribution in [0.3, 0.4) is 0 Å². The minimum absolute atomic E-state index is 0.0443. The second-order valence-electron chi connectivity index (χ2n) is 5.11. The Labute approximate surface area is 122 Å². The van der Waals surface area contributed by atoms with Gasteiger partial charge in [-0.15, -0.1) is 0 Å². The molecule has 0 unspecified atom stereocenters. The third-order valence-corrected chi connectivity index (χ3v) is 3.82. The molecule has 0 aliphatic carbocycles. The molecule has 1 aliphatic rings. The van der Waals surface area contributed by atoms with Gasteiger partial charge in [0.25, 0.3) is 0 Å². The zero-order chi connectivity index (χ0) is 15.0. The Morgan fingerprint density at radius 1 is 1.24 bits per heavy atom. The average molecular weight is 287 g/mol. The molecular formula is C16H17NO4. The summed E-state index contributed by atoms with van der Waals surface area (Å²) in [5, 5.41) is 8.93. The number of aromatic nitrogens is 1. The van der Waals surface area contributed by atoms with Gasteiger partial charge in [0.1, 0.15) is 0 Å². The Morgan fingerprint density at radius 3 is 2.62 bits per heavy atom. The van der Waals surface area contributed by atoms with Gasteiger partial charge in [-0.25, -0.2) is 0 Å². The summed E-state index contributed by atoms with van der Waals surface area (Å²) in [7, 11) is 3.24. The van der Waals surface area contributed by atoms with Crippen molar-refractivity contribution in [1.82, 2.24) is 4.57 Å². The van der Waals surface area contributed by atoms with E-state index in [0.717, 1.165) is 35.5 Å². The number of ether oxygens (including phenoxy) is 2. The highest BCUT2D eigenvalue weighted by atomic mass is 16.5. The van der Waals surface area contributed by atoms with Crippen LogP contribution in [0.25, 0.3) is 11.3 Å². The Balaban J connectivity index is 2.09. The first-order chi connectivity index (χ1) is 10.1. The number of hydrogen-bond acceptors (Lipinski definition) is 3. The van der Waals surface area contributed by atoms with Crippen LogP contribution in [0.2, 0.25) is 0 Å². The van der Waals surface area contributed by atoms with E-state index < -0.39 is 5.97 Å². The molecular weight excluding hydrogens is 270 g/mol. The van der Waals surface area contributed by atoms with Crippen molar-refractivity contribution in [3.8, 4) is 22.8 Å². The fraction of sp³-hybridized carbons (Fsp3) is 0.312. The van der Waals surface area contributed by atoms with Crippen molar-refractivity contribution in [1.29, 1.82) is 0 Å². The van der Waals surface area contributed by atoms with Gasteiger partial charge >= 0.3 is 5.97 Å². The highest BCUT2D eigenvalue weighted by molar-refractivity contribution is 5.74. The lowest BCUT2D eigenvalue weighted by molar-refractivity contribution is -0.136. The topological polar surface area (TPSA) is 60.7 Å². The largest absolute Gasteiger partial charge is 0.493 e. The minimum Gasteiger partial charge on any atom is -0.493 e. The van der Waals surface area contributed by atoms with Gasteiger partial charge < -0.3 is 19.1 Å². The van der Waals surface area contributed by atoms with E-state index in [0.29, 0.717) is 5.75 Å². The summed E-state index contributed by atoms with van der Waals surface area (Å²) in [4.78, 5) is 10.9. The SMILES string of the molecule is COc1cc2c(cc1OC)-c1cc(CC(=O)O)cn1CC2. The number of nitrogens with zero attached hydrogens (tertiary/aromatic N) is 1. The van der Waals surface area contributed by atoms with Crippen molar-refractivity contribution in [2.45, 2.75) is 19.4 Å². The predicted octanol–water partition coefficient (Wildman–Crippen LogP) is 2.36. The number of carbonyl (C=O) groups is 1. The third-order valence-electron chi connectivity index (χ3n) is 3.82. The van der Waals surface area contributed by atoms with E-state index in [2.05, 4.69) is 4.57 Å². The summed E-state index contributed by atoms with van der Waals surface area (Å²) in [6, 6.07) is 5.91. The number of rotatable bonds is 4. The maximum Gasteiger partial charge on any atom is 0.307 e. The van der Waals surface area contributed by atoms with Crippen LogP contribution in [0.15, 0.2) is 24.4 Å². The van der Waals surface area contributed by atoms with Crippen LogP contribution in [0, 0.1) is 0 Å². The van der Waals surface area contributed by atoms with E-state index in [1.165, 1.54) is 5.56 Å². The molecule has 1 aliphatic heterocycles. The van der Waals surface area contributed by atoms with Crippen LogP contribution >= 0.6 is 0 Å². The van der Waals surface area contributed by atoms with Gasteiger partial charge in [-0.05, 0) is 35.7 Å². The van der Waals surface area contributed by atoms with Crippen molar-refractivity contribution < 1.29 is 19.4 Å². The molecule has 2 heterocycles. The van der Waals surface area contributed by atoms with Gasteiger partial charge in [-0.3, -0.25) is 4.79 Å². The van der Waals surface area contributed by atoms with E-state index in [4.69, 9.17) is 14.6 Å². The molecule has 1 aromatic heterocycles. The van der Waals surface area contributed by atoms with Crippen LogP contribution in [0.5, 0.6) is 11.5 Å². The first kappa shape index (κ1) is 13.5. The van der Waals surface area contributed by atoms with Crippen LogP contribution in [-0.4, -0.2) is 29.9 Å². The molecule has 5 nitrogen and oxygen atoms in total. The molecule has 0 radical (unpaired) electrons. The summed E-state index contributed by atoms with van der Waals surface area (Å²) in [6.07, 6.45) is 2.86. The highest BCUT2D eigenvalue weighted by Gasteiger charge is 2.20. The van der Waals surface area contributed by atoms with Gasteiger partial charge in [-0.2, -0.15) is 0 Å². The number of aryl methyl sites for hydroxylation is 2. The van der Waals surface area contributed by atoms with Crippen molar-refractivity contribution in [2.24, 2.45) is 0 Å². The summed E-state index contributed by atoms with van der Waals surface area (Å²) < 4.78 is 12.8. The van der Waals surface area contributed by atoms with Gasteiger partial charge in [-0.1, -0.05) is 0 Å². The van der Waals surface area contributed by atoms with Crippen LogP contribution in [0.4, 0.5) is 0 Å². The molecule has 3 rings (SSSR count). The summed E-state index contributed by atoms with van der Waals surface area (Å²) in [5.41, 5.74) is 4.13. The third kappa shape index (κ3) is 2.35. The molecule has 0 amide bonds. The van der Waals surface area contributed by atoms with Crippen molar-refractivity contribution >= 4 is 5.97 Å². The molecule has 0 spiro atoms. The highest BCUT2D eigenvalue weighted by Crippen LogP contribution is 2.39. The molecule has 0 saturated heterocycles. The standard InChI is InChI=1S/C16H17NO4/c1-20-14-7-11-3-4-17-9-10(6-16(18)19)5-13(17)12(11)8-15(14)21-2/h5,7-9H,3-4,6H2,1-2H3,(H,18,19). The molecule has 0 bridgehead atoms. The molecule has 21 heavy (non-hydrogen) atoms. The van der Waals surface area contributed by atoms with Crippen LogP contribution < -0.4 is 9.47 Å². The van der Waals surface area contributed by atoms with E-state index in [-0.39, 0.29) is 6.42 Å². The number of aliphatic carboxylic acids is 1. The molecule has 0 saturated carbocycles. The predicted molar refractivity (Wildman–Crippen MR) is 78.0 cm³/mol. The number of carboxylic acid groups (broad SMARTS) is 1. The molecule has 0 atom stereocenters. The minimum atomic E-state index is -0.814. The molecule has 110 valence electrons. The number of methoxy groups -OCH3 is 2. The van der Waals surface area contributed by atoms with Gasteiger partial charge in [0, 0.05) is 24.0 Å². The smallest absolute Gasteiger partial charge is 0.307 e. The van der Waals surface area contributed by atoms with Crippen molar-refractivity contribution in [3.63, 3.8) is 0 Å². The Bertz CT molecular complexity index is 703. The summed E-state index contributed by atoms with van der Waals surface area (Å²) in [6.45, 7) is 0.845. The monoisotopic (exact) mass is 287 g/mol. The zero-order valence-corrected chi connectivity index (χ0v) is 12.0. The zero-order valence-electron chi connectivity index (χ0n) is 12.0. The Kier molecular flexibility index (Phi) is 3.33. The van der Waals surface area contributed by atoms with E-state index in [1.807, 2.05) is 24.4 Å².